The number of methoxy groups -OCH3 is 1. The standard InChI is InChI=1S/C33H35N3O7S/c1-3-17-42-32(39)34-21-44-20-29(30(37)35-28(31(38)41-2)18-22-11-5-4-6-12-22)36-33(40)43-19-27-25-15-9-7-13-23(25)24-14-8-10-16-26(24)27/h3-16,27-29H,1,17-21H2,2H3,(H,34,39)(H,35,37)(H,36,40)/t28-,29-/m0/s1. The number of alkyl carbamates (subject to hydrolysis) is 2. The van der Waals surface area contributed by atoms with Crippen LogP contribution >= 0.6 is 11.8 Å². The number of esters is 1. The summed E-state index contributed by atoms with van der Waals surface area (Å²) < 4.78 is 15.5. The lowest BCUT2D eigenvalue weighted by Gasteiger charge is -2.22. The predicted molar refractivity (Wildman–Crippen MR) is 168 cm³/mol. The Kier molecular flexibility index (Phi) is 11.8. The highest BCUT2D eigenvalue weighted by molar-refractivity contribution is 7.99. The molecule has 3 N–H and O–H groups in total. The fraction of sp³-hybridized carbons (Fsp3) is 0.273. The molecule has 0 heterocycles. The second-order valence-electron chi connectivity index (χ2n) is 9.88. The summed E-state index contributed by atoms with van der Waals surface area (Å²) in [4.78, 5) is 50.8. The van der Waals surface area contributed by atoms with Gasteiger partial charge in [0, 0.05) is 18.1 Å². The molecule has 0 bridgehead atoms. The molecule has 0 radical (unpaired) electrons. The fourth-order valence-electron chi connectivity index (χ4n) is 4.90. The maximum atomic E-state index is 13.4. The van der Waals surface area contributed by atoms with Crippen LogP contribution in [0.3, 0.4) is 0 Å². The van der Waals surface area contributed by atoms with Crippen molar-refractivity contribution in [3.63, 3.8) is 0 Å². The van der Waals surface area contributed by atoms with E-state index in [-0.39, 0.29) is 37.2 Å². The SMILES string of the molecule is C=CCOC(=O)NCSC[C@H](NC(=O)OCC1c2ccccc2-c2ccccc21)C(=O)N[C@@H](Cc1ccccc1)C(=O)OC. The van der Waals surface area contributed by atoms with Crippen LogP contribution in [0.25, 0.3) is 11.1 Å². The van der Waals surface area contributed by atoms with Crippen LogP contribution in [0, 0.1) is 0 Å². The van der Waals surface area contributed by atoms with Gasteiger partial charge in [0.1, 0.15) is 25.3 Å². The topological polar surface area (TPSA) is 132 Å². The van der Waals surface area contributed by atoms with Gasteiger partial charge in [0.2, 0.25) is 5.91 Å². The number of rotatable bonds is 14. The third-order valence-electron chi connectivity index (χ3n) is 6.97. The van der Waals surface area contributed by atoms with E-state index in [1.807, 2.05) is 78.9 Å². The molecule has 10 nitrogen and oxygen atoms in total. The molecule has 3 amide bonds. The third kappa shape index (κ3) is 8.63. The van der Waals surface area contributed by atoms with Crippen molar-refractivity contribution in [1.29, 1.82) is 0 Å². The van der Waals surface area contributed by atoms with Gasteiger partial charge in [0.25, 0.3) is 0 Å². The Hall–Kier alpha value is -4.77. The Morgan fingerprint density at radius 2 is 1.48 bits per heavy atom. The highest BCUT2D eigenvalue weighted by Crippen LogP contribution is 2.44. The van der Waals surface area contributed by atoms with Gasteiger partial charge in [0.15, 0.2) is 0 Å². The molecule has 0 saturated heterocycles. The summed E-state index contributed by atoms with van der Waals surface area (Å²) in [6.07, 6.45) is 0.208. The maximum absolute atomic E-state index is 13.4. The first kappa shape index (κ1) is 32.2. The van der Waals surface area contributed by atoms with Gasteiger partial charge in [0.05, 0.1) is 13.0 Å². The molecule has 1 aliphatic rings. The summed E-state index contributed by atoms with van der Waals surface area (Å²) in [5.41, 5.74) is 5.13. The summed E-state index contributed by atoms with van der Waals surface area (Å²) in [6, 6.07) is 23.1. The van der Waals surface area contributed by atoms with E-state index in [2.05, 4.69) is 22.5 Å². The van der Waals surface area contributed by atoms with Crippen LogP contribution in [0.4, 0.5) is 9.59 Å². The molecule has 0 unspecified atom stereocenters. The number of hydrogen-bond acceptors (Lipinski definition) is 8. The molecule has 2 atom stereocenters. The van der Waals surface area contributed by atoms with Crippen LogP contribution in [-0.4, -0.2) is 68.1 Å². The molecule has 1 aliphatic carbocycles. The number of fused-ring (bicyclic) bond motifs is 3. The Balaban J connectivity index is 1.42. The van der Waals surface area contributed by atoms with Crippen molar-refractivity contribution < 1.29 is 33.4 Å². The van der Waals surface area contributed by atoms with Crippen molar-refractivity contribution in [2.75, 3.05) is 32.0 Å². The van der Waals surface area contributed by atoms with E-state index in [4.69, 9.17) is 14.2 Å². The van der Waals surface area contributed by atoms with Crippen LogP contribution in [0.1, 0.15) is 22.6 Å². The van der Waals surface area contributed by atoms with Crippen LogP contribution < -0.4 is 16.0 Å². The van der Waals surface area contributed by atoms with E-state index in [1.54, 1.807) is 0 Å². The van der Waals surface area contributed by atoms with Crippen molar-refractivity contribution in [2.24, 2.45) is 0 Å². The van der Waals surface area contributed by atoms with Crippen LogP contribution in [0.5, 0.6) is 0 Å². The van der Waals surface area contributed by atoms with Gasteiger partial charge in [-0.3, -0.25) is 4.79 Å². The molecule has 44 heavy (non-hydrogen) atoms. The number of carbonyl (C=O) groups excluding carboxylic acids is 4. The first-order chi connectivity index (χ1) is 21.4. The molecule has 3 aromatic rings. The lowest BCUT2D eigenvalue weighted by Crippen LogP contribution is -2.53. The Bertz CT molecular complexity index is 1420. The van der Waals surface area contributed by atoms with Crippen LogP contribution in [0.2, 0.25) is 0 Å². The minimum atomic E-state index is -1.09. The zero-order valence-corrected chi connectivity index (χ0v) is 25.1. The van der Waals surface area contributed by atoms with Crippen molar-refractivity contribution in [1.82, 2.24) is 16.0 Å². The molecule has 230 valence electrons. The highest BCUT2D eigenvalue weighted by Gasteiger charge is 2.31. The summed E-state index contributed by atoms with van der Waals surface area (Å²) in [5.74, 6) is -1.21. The van der Waals surface area contributed by atoms with E-state index in [1.165, 1.54) is 24.9 Å². The molecule has 4 rings (SSSR count). The average molecular weight is 618 g/mol. The molecule has 0 fully saturated rings. The minimum absolute atomic E-state index is 0.0567. The monoisotopic (exact) mass is 617 g/mol. The molecular weight excluding hydrogens is 582 g/mol. The maximum Gasteiger partial charge on any atom is 0.408 e. The van der Waals surface area contributed by atoms with E-state index in [0.717, 1.165) is 27.8 Å². The summed E-state index contributed by atoms with van der Waals surface area (Å²) in [7, 11) is 1.24. The summed E-state index contributed by atoms with van der Waals surface area (Å²) in [5, 5.41) is 7.89. The summed E-state index contributed by atoms with van der Waals surface area (Å²) in [6.45, 7) is 3.61. The zero-order valence-electron chi connectivity index (χ0n) is 24.3. The molecule has 11 heteroatoms. The third-order valence-corrected chi connectivity index (χ3v) is 7.89. The molecule has 0 saturated carbocycles. The van der Waals surface area contributed by atoms with Gasteiger partial charge in [-0.2, -0.15) is 0 Å². The van der Waals surface area contributed by atoms with E-state index < -0.39 is 36.1 Å². The molecule has 3 aromatic carbocycles. The second-order valence-corrected chi connectivity index (χ2v) is 10.9. The Morgan fingerprint density at radius 3 is 2.11 bits per heavy atom. The molecule has 0 spiro atoms. The van der Waals surface area contributed by atoms with Gasteiger partial charge in [-0.25, -0.2) is 14.4 Å². The highest BCUT2D eigenvalue weighted by atomic mass is 32.2. The predicted octanol–water partition coefficient (Wildman–Crippen LogP) is 4.40. The van der Waals surface area contributed by atoms with Crippen LogP contribution in [0.15, 0.2) is 91.5 Å². The van der Waals surface area contributed by atoms with Crippen molar-refractivity contribution in [3.8, 4) is 11.1 Å². The van der Waals surface area contributed by atoms with E-state index in [0.29, 0.717) is 0 Å². The molecular formula is C33H35N3O7S. The van der Waals surface area contributed by atoms with E-state index >= 15 is 0 Å². The van der Waals surface area contributed by atoms with Crippen molar-refractivity contribution in [2.45, 2.75) is 24.4 Å². The fourth-order valence-corrected chi connectivity index (χ4v) is 5.70. The number of nitrogens with one attached hydrogen (secondary N) is 3. The smallest absolute Gasteiger partial charge is 0.408 e. The molecule has 0 aromatic heterocycles. The number of thioether (sulfide) groups is 1. The summed E-state index contributed by atoms with van der Waals surface area (Å²) >= 11 is 1.18. The second kappa shape index (κ2) is 16.2. The number of ether oxygens (including phenoxy) is 3. The van der Waals surface area contributed by atoms with Gasteiger partial charge in [-0.05, 0) is 27.8 Å². The van der Waals surface area contributed by atoms with E-state index in [9.17, 15) is 19.2 Å². The quantitative estimate of drug-likeness (QED) is 0.0798. The average Bonchev–Trinajstić information content (AvgIpc) is 3.37. The lowest BCUT2D eigenvalue weighted by atomic mass is 9.98. The number of amides is 3. The van der Waals surface area contributed by atoms with Gasteiger partial charge in [-0.15, -0.1) is 11.8 Å². The van der Waals surface area contributed by atoms with Gasteiger partial charge in [-0.1, -0.05) is 91.5 Å². The Morgan fingerprint density at radius 1 is 0.841 bits per heavy atom. The zero-order chi connectivity index (χ0) is 31.3. The van der Waals surface area contributed by atoms with Gasteiger partial charge < -0.3 is 30.2 Å². The van der Waals surface area contributed by atoms with Crippen molar-refractivity contribution >= 4 is 35.8 Å². The lowest BCUT2D eigenvalue weighted by molar-refractivity contribution is -0.145. The number of carbonyl (C=O) groups is 4. The number of hydrogen-bond donors (Lipinski definition) is 3. The van der Waals surface area contributed by atoms with Gasteiger partial charge >= 0.3 is 18.2 Å². The minimum Gasteiger partial charge on any atom is -0.467 e. The Labute approximate surface area is 260 Å². The largest absolute Gasteiger partial charge is 0.467 e. The van der Waals surface area contributed by atoms with Crippen molar-refractivity contribution in [3.05, 3.63) is 108 Å². The number of benzene rings is 3. The first-order valence-corrected chi connectivity index (χ1v) is 15.2. The van der Waals surface area contributed by atoms with Crippen LogP contribution in [-0.2, 0) is 30.2 Å². The first-order valence-electron chi connectivity index (χ1n) is 14.0. The normalized spacial score (nSPS) is 12.9. The molecule has 0 aliphatic heterocycles.